The molecular weight excluding hydrogens is 256 g/mol. The number of hydrogen-bond acceptors (Lipinski definition) is 2. The molecule has 1 fully saturated rings. The summed E-state index contributed by atoms with van der Waals surface area (Å²) in [5, 5.41) is 3.80. The Labute approximate surface area is 130 Å². The molecule has 118 valence electrons. The molecule has 1 N–H and O–H groups in total. The Balaban J connectivity index is 1.69. The van der Waals surface area contributed by atoms with Crippen LogP contribution in [0.2, 0.25) is 0 Å². The summed E-state index contributed by atoms with van der Waals surface area (Å²) >= 11 is 0. The van der Waals surface area contributed by atoms with Crippen LogP contribution in [0.15, 0.2) is 30.3 Å². The van der Waals surface area contributed by atoms with Crippen molar-refractivity contribution in [3.63, 3.8) is 0 Å². The minimum absolute atomic E-state index is 0.650. The van der Waals surface area contributed by atoms with E-state index in [2.05, 4.69) is 61.3 Å². The second-order valence-electron chi connectivity index (χ2n) is 6.81. The highest BCUT2D eigenvalue weighted by molar-refractivity contribution is 5.18. The van der Waals surface area contributed by atoms with Crippen LogP contribution in [0.4, 0.5) is 0 Å². The van der Waals surface area contributed by atoms with Crippen molar-refractivity contribution in [2.45, 2.75) is 64.5 Å². The molecule has 0 bridgehead atoms. The van der Waals surface area contributed by atoms with Crippen LogP contribution in [0, 0.1) is 0 Å². The molecule has 0 amide bonds. The standard InChI is InChI=1S/C19H32N2/c1-16(2)21-14-7-10-19(12-15-21)20-13-11-17(3)18-8-5-4-6-9-18/h4-6,8-9,16-17,19-20H,7,10-15H2,1-3H3. The SMILES string of the molecule is CC(CCNC1CCCN(C(C)C)CC1)c1ccccc1. The number of nitrogens with one attached hydrogen (secondary N) is 1. The van der Waals surface area contributed by atoms with Crippen LogP contribution >= 0.6 is 0 Å². The summed E-state index contributed by atoms with van der Waals surface area (Å²) in [5.41, 5.74) is 1.46. The Bertz CT molecular complexity index is 388. The molecule has 21 heavy (non-hydrogen) atoms. The van der Waals surface area contributed by atoms with Crippen LogP contribution in [0.1, 0.15) is 57.9 Å². The van der Waals surface area contributed by atoms with Gasteiger partial charge in [-0.15, -0.1) is 0 Å². The minimum Gasteiger partial charge on any atom is -0.314 e. The fourth-order valence-corrected chi connectivity index (χ4v) is 3.29. The zero-order chi connectivity index (χ0) is 15.1. The van der Waals surface area contributed by atoms with Gasteiger partial charge in [0, 0.05) is 12.1 Å². The fraction of sp³-hybridized carbons (Fsp3) is 0.684. The molecule has 1 aliphatic heterocycles. The van der Waals surface area contributed by atoms with Crippen LogP contribution in [0.25, 0.3) is 0 Å². The molecule has 1 heterocycles. The molecule has 2 unspecified atom stereocenters. The van der Waals surface area contributed by atoms with Gasteiger partial charge in [-0.2, -0.15) is 0 Å². The van der Waals surface area contributed by atoms with Gasteiger partial charge in [0.25, 0.3) is 0 Å². The maximum Gasteiger partial charge on any atom is 0.00797 e. The van der Waals surface area contributed by atoms with Gasteiger partial charge in [-0.25, -0.2) is 0 Å². The molecule has 0 spiro atoms. The van der Waals surface area contributed by atoms with Crippen molar-refractivity contribution >= 4 is 0 Å². The first kappa shape index (κ1) is 16.5. The van der Waals surface area contributed by atoms with E-state index in [-0.39, 0.29) is 0 Å². The molecule has 2 rings (SSSR count). The molecule has 1 aromatic rings. The van der Waals surface area contributed by atoms with E-state index in [1.807, 2.05) is 0 Å². The number of nitrogens with zero attached hydrogens (tertiary/aromatic N) is 1. The topological polar surface area (TPSA) is 15.3 Å². The summed E-state index contributed by atoms with van der Waals surface area (Å²) in [4.78, 5) is 2.62. The molecule has 0 aliphatic carbocycles. The lowest BCUT2D eigenvalue weighted by Crippen LogP contribution is -2.34. The van der Waals surface area contributed by atoms with Crippen molar-refractivity contribution in [2.24, 2.45) is 0 Å². The van der Waals surface area contributed by atoms with E-state index in [4.69, 9.17) is 0 Å². The zero-order valence-electron chi connectivity index (χ0n) is 14.0. The van der Waals surface area contributed by atoms with Gasteiger partial charge in [-0.05, 0) is 70.6 Å². The predicted octanol–water partition coefficient (Wildman–Crippen LogP) is 4.03. The maximum atomic E-state index is 3.80. The highest BCUT2D eigenvalue weighted by atomic mass is 15.1. The fourth-order valence-electron chi connectivity index (χ4n) is 3.29. The molecule has 0 saturated carbocycles. The minimum atomic E-state index is 0.650. The van der Waals surface area contributed by atoms with Crippen molar-refractivity contribution in [1.29, 1.82) is 0 Å². The highest BCUT2D eigenvalue weighted by Crippen LogP contribution is 2.18. The Morgan fingerprint density at radius 3 is 2.57 bits per heavy atom. The molecule has 0 radical (unpaired) electrons. The summed E-state index contributed by atoms with van der Waals surface area (Å²) in [5.74, 6) is 0.650. The molecule has 2 atom stereocenters. The zero-order valence-corrected chi connectivity index (χ0v) is 14.0. The average Bonchev–Trinajstić information content (AvgIpc) is 2.74. The maximum absolute atomic E-state index is 3.80. The normalized spacial score (nSPS) is 22.2. The third kappa shape index (κ3) is 5.44. The first-order valence-electron chi connectivity index (χ1n) is 8.69. The molecular formula is C19H32N2. The van der Waals surface area contributed by atoms with Gasteiger partial charge >= 0.3 is 0 Å². The predicted molar refractivity (Wildman–Crippen MR) is 91.8 cm³/mol. The highest BCUT2D eigenvalue weighted by Gasteiger charge is 2.18. The third-order valence-electron chi connectivity index (χ3n) is 4.87. The van der Waals surface area contributed by atoms with E-state index in [1.54, 1.807) is 0 Å². The molecule has 1 aromatic carbocycles. The molecule has 2 heteroatoms. The monoisotopic (exact) mass is 288 g/mol. The van der Waals surface area contributed by atoms with Crippen LogP contribution < -0.4 is 5.32 Å². The first-order chi connectivity index (χ1) is 10.2. The number of hydrogen-bond donors (Lipinski definition) is 1. The Morgan fingerprint density at radius 2 is 1.86 bits per heavy atom. The second-order valence-corrected chi connectivity index (χ2v) is 6.81. The van der Waals surface area contributed by atoms with Gasteiger partial charge in [0.15, 0.2) is 0 Å². The smallest absolute Gasteiger partial charge is 0.00797 e. The van der Waals surface area contributed by atoms with Crippen LogP contribution in [0.3, 0.4) is 0 Å². The van der Waals surface area contributed by atoms with Crippen molar-refractivity contribution < 1.29 is 0 Å². The molecule has 2 nitrogen and oxygen atoms in total. The molecule has 1 aliphatic rings. The van der Waals surface area contributed by atoms with Crippen molar-refractivity contribution in [3.8, 4) is 0 Å². The van der Waals surface area contributed by atoms with Gasteiger partial charge in [0.2, 0.25) is 0 Å². The third-order valence-corrected chi connectivity index (χ3v) is 4.87. The summed E-state index contributed by atoms with van der Waals surface area (Å²) in [6.07, 6.45) is 5.21. The summed E-state index contributed by atoms with van der Waals surface area (Å²) < 4.78 is 0. The largest absolute Gasteiger partial charge is 0.314 e. The van der Waals surface area contributed by atoms with Crippen LogP contribution in [0.5, 0.6) is 0 Å². The van der Waals surface area contributed by atoms with Crippen molar-refractivity contribution in [2.75, 3.05) is 19.6 Å². The average molecular weight is 288 g/mol. The number of rotatable bonds is 6. The Kier molecular flexibility index (Phi) is 6.72. The summed E-state index contributed by atoms with van der Waals surface area (Å²) in [6.45, 7) is 10.6. The van der Waals surface area contributed by atoms with Gasteiger partial charge < -0.3 is 10.2 Å². The Morgan fingerprint density at radius 1 is 1.10 bits per heavy atom. The lowest BCUT2D eigenvalue weighted by molar-refractivity contribution is 0.229. The van der Waals surface area contributed by atoms with E-state index in [1.165, 1.54) is 44.3 Å². The van der Waals surface area contributed by atoms with Gasteiger partial charge in [0.1, 0.15) is 0 Å². The second kappa shape index (κ2) is 8.55. The van der Waals surface area contributed by atoms with Crippen LogP contribution in [-0.2, 0) is 0 Å². The molecule has 0 aromatic heterocycles. The van der Waals surface area contributed by atoms with Crippen LogP contribution in [-0.4, -0.2) is 36.6 Å². The van der Waals surface area contributed by atoms with Crippen molar-refractivity contribution in [3.05, 3.63) is 35.9 Å². The van der Waals surface area contributed by atoms with E-state index in [0.29, 0.717) is 12.0 Å². The van der Waals surface area contributed by atoms with Gasteiger partial charge in [-0.1, -0.05) is 37.3 Å². The number of benzene rings is 1. The summed E-state index contributed by atoms with van der Waals surface area (Å²) in [7, 11) is 0. The van der Waals surface area contributed by atoms with Gasteiger partial charge in [-0.3, -0.25) is 0 Å². The van der Waals surface area contributed by atoms with E-state index in [0.717, 1.165) is 12.6 Å². The molecule has 1 saturated heterocycles. The van der Waals surface area contributed by atoms with Gasteiger partial charge in [0.05, 0.1) is 0 Å². The lowest BCUT2D eigenvalue weighted by atomic mass is 9.97. The van der Waals surface area contributed by atoms with Crippen molar-refractivity contribution in [1.82, 2.24) is 10.2 Å². The quantitative estimate of drug-likeness (QED) is 0.850. The summed E-state index contributed by atoms with van der Waals surface area (Å²) in [6, 6.07) is 12.3. The first-order valence-corrected chi connectivity index (χ1v) is 8.69. The van der Waals surface area contributed by atoms with E-state index < -0.39 is 0 Å². The van der Waals surface area contributed by atoms with E-state index in [9.17, 15) is 0 Å². The number of likely N-dealkylation sites (tertiary alicyclic amines) is 1. The van der Waals surface area contributed by atoms with E-state index >= 15 is 0 Å². The Hall–Kier alpha value is -0.860. The lowest BCUT2D eigenvalue weighted by Gasteiger charge is -2.24.